The molecule has 0 fully saturated rings. The summed E-state index contributed by atoms with van der Waals surface area (Å²) in [6.07, 6.45) is 1.80. The van der Waals surface area contributed by atoms with Gasteiger partial charge < -0.3 is 0 Å². The van der Waals surface area contributed by atoms with Crippen LogP contribution in [-0.4, -0.2) is 21.1 Å². The summed E-state index contributed by atoms with van der Waals surface area (Å²) in [6, 6.07) is 22.6. The number of fused-ring (bicyclic) bond motifs is 1. The van der Waals surface area contributed by atoms with Gasteiger partial charge in [-0.2, -0.15) is 14.9 Å². The van der Waals surface area contributed by atoms with E-state index >= 15 is 0 Å². The van der Waals surface area contributed by atoms with Crippen LogP contribution in [0.5, 0.6) is 0 Å². The van der Waals surface area contributed by atoms with Gasteiger partial charge in [0.1, 0.15) is 0 Å². The average Bonchev–Trinajstić information content (AvgIpc) is 3.01. The summed E-state index contributed by atoms with van der Waals surface area (Å²) in [6.45, 7) is 2.05. The fraction of sp³-hybridized carbons (Fsp3) is 0.0500. The second kappa shape index (κ2) is 6.45. The van der Waals surface area contributed by atoms with Crippen LogP contribution in [0, 0.1) is 11.7 Å². The van der Waals surface area contributed by atoms with Crippen molar-refractivity contribution in [1.29, 1.82) is 0 Å². The van der Waals surface area contributed by atoms with Crippen LogP contribution < -0.4 is 0 Å². The quantitative estimate of drug-likeness (QED) is 0.422. The Morgan fingerprint density at radius 2 is 1.76 bits per heavy atom. The molecule has 0 aliphatic rings. The highest BCUT2D eigenvalue weighted by Crippen LogP contribution is 2.18. The number of hydrogen-bond acceptors (Lipinski definition) is 3. The molecule has 0 radical (unpaired) electrons. The third-order valence-electron chi connectivity index (χ3n) is 4.06. The van der Waals surface area contributed by atoms with Crippen molar-refractivity contribution in [3.05, 3.63) is 82.6 Å². The van der Waals surface area contributed by atoms with E-state index in [4.69, 9.17) is 12.2 Å². The van der Waals surface area contributed by atoms with Gasteiger partial charge in [-0.15, -0.1) is 0 Å². The van der Waals surface area contributed by atoms with Crippen molar-refractivity contribution in [3.8, 4) is 11.4 Å². The second-order valence-corrected chi connectivity index (χ2v) is 6.27. The van der Waals surface area contributed by atoms with Crippen LogP contribution in [0.2, 0.25) is 0 Å². The van der Waals surface area contributed by atoms with Crippen molar-refractivity contribution in [1.82, 2.24) is 14.9 Å². The zero-order valence-corrected chi connectivity index (χ0v) is 14.5. The normalized spacial score (nSPS) is 11.4. The molecule has 5 heteroatoms. The van der Waals surface area contributed by atoms with E-state index in [2.05, 4.69) is 46.5 Å². The smallest absolute Gasteiger partial charge is 0.216 e. The predicted molar refractivity (Wildman–Crippen MR) is 105 cm³/mol. The Morgan fingerprint density at radius 3 is 2.56 bits per heavy atom. The molecule has 0 spiro atoms. The Hall–Kier alpha value is -3.05. The number of hydrogen-bond donors (Lipinski definition) is 1. The molecule has 0 amide bonds. The van der Waals surface area contributed by atoms with Crippen molar-refractivity contribution in [3.63, 3.8) is 0 Å². The maximum Gasteiger partial charge on any atom is 0.216 e. The molecule has 1 N–H and O–H groups in total. The minimum atomic E-state index is 0.465. The van der Waals surface area contributed by atoms with Crippen LogP contribution in [0.25, 0.3) is 22.2 Å². The molecule has 0 unspecified atom stereocenters. The lowest BCUT2D eigenvalue weighted by atomic mass is 10.1. The van der Waals surface area contributed by atoms with Gasteiger partial charge in [0.05, 0.1) is 6.21 Å². The summed E-state index contributed by atoms with van der Waals surface area (Å²) in [5, 5.41) is 14.1. The van der Waals surface area contributed by atoms with Crippen LogP contribution >= 0.6 is 12.2 Å². The molecule has 0 saturated carbocycles. The third kappa shape index (κ3) is 3.14. The van der Waals surface area contributed by atoms with Gasteiger partial charge in [0.25, 0.3) is 0 Å². The van der Waals surface area contributed by atoms with E-state index in [-0.39, 0.29) is 0 Å². The summed E-state index contributed by atoms with van der Waals surface area (Å²) in [5.41, 5.74) is 3.18. The molecule has 4 rings (SSSR count). The van der Waals surface area contributed by atoms with E-state index in [0.29, 0.717) is 10.6 Å². The number of aromatic nitrogens is 3. The molecule has 0 bridgehead atoms. The number of rotatable bonds is 3. The van der Waals surface area contributed by atoms with Crippen molar-refractivity contribution in [2.75, 3.05) is 0 Å². The van der Waals surface area contributed by atoms with Crippen molar-refractivity contribution in [2.24, 2.45) is 5.10 Å². The number of aromatic amines is 1. The van der Waals surface area contributed by atoms with Gasteiger partial charge in [0.2, 0.25) is 4.77 Å². The van der Waals surface area contributed by atoms with Crippen molar-refractivity contribution in [2.45, 2.75) is 6.92 Å². The second-order valence-electron chi connectivity index (χ2n) is 5.88. The summed E-state index contributed by atoms with van der Waals surface area (Å²) in [7, 11) is 0. The number of nitrogens with zero attached hydrogens (tertiary/aromatic N) is 3. The molecular formula is C20H16N4S. The molecule has 1 heterocycles. The van der Waals surface area contributed by atoms with Gasteiger partial charge >= 0.3 is 0 Å². The monoisotopic (exact) mass is 344 g/mol. The van der Waals surface area contributed by atoms with E-state index in [1.807, 2.05) is 42.5 Å². The Bertz CT molecular complexity index is 1120. The van der Waals surface area contributed by atoms with Crippen LogP contribution in [0.4, 0.5) is 0 Å². The maximum absolute atomic E-state index is 5.32. The van der Waals surface area contributed by atoms with Gasteiger partial charge in [-0.05, 0) is 41.5 Å². The predicted octanol–water partition coefficient (Wildman–Crippen LogP) is 4.95. The van der Waals surface area contributed by atoms with E-state index in [1.165, 1.54) is 16.3 Å². The van der Waals surface area contributed by atoms with Gasteiger partial charge in [-0.25, -0.2) is 5.10 Å². The van der Waals surface area contributed by atoms with Gasteiger partial charge in [-0.1, -0.05) is 66.2 Å². The topological polar surface area (TPSA) is 46.0 Å². The lowest BCUT2D eigenvalue weighted by molar-refractivity contribution is 0.871. The van der Waals surface area contributed by atoms with E-state index in [0.717, 1.165) is 11.1 Å². The molecule has 25 heavy (non-hydrogen) atoms. The highest BCUT2D eigenvalue weighted by atomic mass is 32.1. The Kier molecular flexibility index (Phi) is 3.99. The molecule has 3 aromatic carbocycles. The SMILES string of the molecule is Cc1ccc(-c2n[nH]c(=S)n2/N=C\c2ccc3ccccc3c2)cc1. The molecule has 0 atom stereocenters. The highest BCUT2D eigenvalue weighted by Gasteiger charge is 2.07. The lowest BCUT2D eigenvalue weighted by Crippen LogP contribution is -1.95. The average molecular weight is 344 g/mol. The van der Waals surface area contributed by atoms with Gasteiger partial charge in [0.15, 0.2) is 5.82 Å². The fourth-order valence-corrected chi connectivity index (χ4v) is 2.88. The first-order chi connectivity index (χ1) is 12.2. The summed E-state index contributed by atoms with van der Waals surface area (Å²) in [4.78, 5) is 0. The Balaban J connectivity index is 1.72. The Morgan fingerprint density at radius 1 is 1.00 bits per heavy atom. The lowest BCUT2D eigenvalue weighted by Gasteiger charge is -2.02. The van der Waals surface area contributed by atoms with E-state index in [1.54, 1.807) is 10.9 Å². The maximum atomic E-state index is 5.32. The largest absolute Gasteiger partial charge is 0.250 e. The Labute approximate surface area is 150 Å². The van der Waals surface area contributed by atoms with Crippen molar-refractivity contribution >= 4 is 29.2 Å². The molecule has 0 saturated heterocycles. The van der Waals surface area contributed by atoms with Crippen LogP contribution in [0.15, 0.2) is 71.8 Å². The summed E-state index contributed by atoms with van der Waals surface area (Å²) in [5.74, 6) is 0.696. The van der Waals surface area contributed by atoms with E-state index in [9.17, 15) is 0 Å². The molecular weight excluding hydrogens is 328 g/mol. The molecule has 122 valence electrons. The first kappa shape index (κ1) is 15.5. The first-order valence-corrected chi connectivity index (χ1v) is 8.39. The number of nitrogens with one attached hydrogen (secondary N) is 1. The molecule has 4 nitrogen and oxygen atoms in total. The van der Waals surface area contributed by atoms with Gasteiger partial charge in [0, 0.05) is 5.56 Å². The number of aryl methyl sites for hydroxylation is 1. The van der Waals surface area contributed by atoms with Crippen LogP contribution in [-0.2, 0) is 0 Å². The van der Waals surface area contributed by atoms with Crippen molar-refractivity contribution < 1.29 is 0 Å². The molecule has 0 aliphatic heterocycles. The standard InChI is InChI=1S/C20H16N4S/c1-14-6-9-17(10-7-14)19-22-23-20(25)24(19)21-13-15-8-11-16-4-2-3-5-18(16)12-15/h2-13H,1H3,(H,23,25)/b21-13-. The zero-order chi connectivity index (χ0) is 17.2. The number of benzene rings is 3. The summed E-state index contributed by atoms with van der Waals surface area (Å²) < 4.78 is 2.11. The number of H-pyrrole nitrogens is 1. The zero-order valence-electron chi connectivity index (χ0n) is 13.7. The van der Waals surface area contributed by atoms with E-state index < -0.39 is 0 Å². The molecule has 4 aromatic rings. The minimum absolute atomic E-state index is 0.465. The third-order valence-corrected chi connectivity index (χ3v) is 4.32. The van der Waals surface area contributed by atoms with Crippen LogP contribution in [0.1, 0.15) is 11.1 Å². The fourth-order valence-electron chi connectivity index (χ4n) is 2.70. The first-order valence-electron chi connectivity index (χ1n) is 7.98. The minimum Gasteiger partial charge on any atom is -0.250 e. The highest BCUT2D eigenvalue weighted by molar-refractivity contribution is 7.71. The molecule has 1 aromatic heterocycles. The van der Waals surface area contributed by atoms with Gasteiger partial charge in [-0.3, -0.25) is 0 Å². The molecule has 0 aliphatic carbocycles. The van der Waals surface area contributed by atoms with Crippen LogP contribution in [0.3, 0.4) is 0 Å². The summed E-state index contributed by atoms with van der Waals surface area (Å²) >= 11 is 5.32.